The number of thiazole rings is 1. The van der Waals surface area contributed by atoms with Crippen molar-refractivity contribution in [3.63, 3.8) is 0 Å². The summed E-state index contributed by atoms with van der Waals surface area (Å²) in [4.78, 5) is 17.5. The summed E-state index contributed by atoms with van der Waals surface area (Å²) in [5.41, 5.74) is 4.94. The molecular formula is C21H17N3OS2. The minimum atomic E-state index is -0.0870. The second-order valence-electron chi connectivity index (χ2n) is 6.04. The quantitative estimate of drug-likeness (QED) is 0.427. The fourth-order valence-electron chi connectivity index (χ4n) is 2.55. The molecule has 6 heteroatoms. The highest BCUT2D eigenvalue weighted by Crippen LogP contribution is 2.28. The second-order valence-corrected chi connectivity index (χ2v) is 7.84. The van der Waals surface area contributed by atoms with Crippen LogP contribution in [0.15, 0.2) is 71.4 Å². The lowest BCUT2D eigenvalue weighted by molar-refractivity contribution is 0.103. The molecule has 2 heterocycles. The van der Waals surface area contributed by atoms with Crippen molar-refractivity contribution in [2.45, 2.75) is 6.92 Å². The van der Waals surface area contributed by atoms with E-state index in [0.717, 1.165) is 27.8 Å². The van der Waals surface area contributed by atoms with E-state index < -0.39 is 0 Å². The summed E-state index contributed by atoms with van der Waals surface area (Å²) in [5, 5.41) is 11.0. The topological polar surface area (TPSA) is 54.0 Å². The van der Waals surface area contributed by atoms with E-state index in [0.29, 0.717) is 4.88 Å². The molecule has 0 aliphatic carbocycles. The molecule has 0 fully saturated rings. The lowest BCUT2D eigenvalue weighted by atomic mass is 10.1. The van der Waals surface area contributed by atoms with Gasteiger partial charge in [-0.05, 0) is 42.6 Å². The minimum absolute atomic E-state index is 0.0870. The highest BCUT2D eigenvalue weighted by Gasteiger charge is 2.08. The molecule has 4 aromatic rings. The maximum absolute atomic E-state index is 12.1. The van der Waals surface area contributed by atoms with Crippen molar-refractivity contribution in [2.24, 2.45) is 0 Å². The van der Waals surface area contributed by atoms with Crippen molar-refractivity contribution in [3.8, 4) is 11.3 Å². The molecule has 1 amide bonds. The summed E-state index contributed by atoms with van der Waals surface area (Å²) in [7, 11) is 0. The molecule has 0 bridgehead atoms. The molecule has 2 aromatic heterocycles. The van der Waals surface area contributed by atoms with E-state index in [-0.39, 0.29) is 5.91 Å². The van der Waals surface area contributed by atoms with Gasteiger partial charge in [-0.1, -0.05) is 35.9 Å². The molecular weight excluding hydrogens is 374 g/mol. The third-order valence-corrected chi connectivity index (χ3v) is 5.62. The van der Waals surface area contributed by atoms with E-state index in [1.165, 1.54) is 16.9 Å². The van der Waals surface area contributed by atoms with Gasteiger partial charge in [0.05, 0.1) is 10.6 Å². The van der Waals surface area contributed by atoms with Gasteiger partial charge in [0.15, 0.2) is 5.13 Å². The summed E-state index contributed by atoms with van der Waals surface area (Å²) < 4.78 is 0. The van der Waals surface area contributed by atoms with Crippen molar-refractivity contribution in [2.75, 3.05) is 10.6 Å². The zero-order valence-corrected chi connectivity index (χ0v) is 16.2. The Labute approximate surface area is 165 Å². The number of aromatic nitrogens is 1. The average molecular weight is 392 g/mol. The molecule has 0 spiro atoms. The van der Waals surface area contributed by atoms with Crippen LogP contribution in [0.5, 0.6) is 0 Å². The molecule has 0 aliphatic heterocycles. The Balaban J connectivity index is 1.44. The number of hydrogen-bond donors (Lipinski definition) is 2. The largest absolute Gasteiger partial charge is 0.332 e. The number of amides is 1. The number of benzene rings is 2. The third-order valence-electron chi connectivity index (χ3n) is 3.99. The Kier molecular flexibility index (Phi) is 5.00. The Morgan fingerprint density at radius 1 is 0.926 bits per heavy atom. The third kappa shape index (κ3) is 4.24. The second kappa shape index (κ2) is 7.73. The maximum atomic E-state index is 12.1. The average Bonchev–Trinajstić information content (AvgIpc) is 3.36. The van der Waals surface area contributed by atoms with Gasteiger partial charge in [-0.25, -0.2) is 4.98 Å². The molecule has 0 saturated carbocycles. The molecule has 0 unspecified atom stereocenters. The number of rotatable bonds is 5. The number of carbonyl (C=O) groups excluding carboxylic acids is 1. The van der Waals surface area contributed by atoms with Crippen LogP contribution in [-0.4, -0.2) is 10.9 Å². The molecule has 0 aliphatic rings. The van der Waals surface area contributed by atoms with Crippen molar-refractivity contribution in [1.29, 1.82) is 0 Å². The monoisotopic (exact) mass is 391 g/mol. The van der Waals surface area contributed by atoms with Gasteiger partial charge in [-0.2, -0.15) is 0 Å². The SMILES string of the molecule is Cc1ccc(Nc2nc(-c3ccc(NC(=O)c4cccs4)cc3)cs2)cc1. The van der Waals surface area contributed by atoms with Crippen LogP contribution in [0.1, 0.15) is 15.2 Å². The summed E-state index contributed by atoms with van der Waals surface area (Å²) in [5.74, 6) is -0.0870. The number of thiophene rings is 1. The van der Waals surface area contributed by atoms with Gasteiger partial charge in [0, 0.05) is 22.3 Å². The molecule has 27 heavy (non-hydrogen) atoms. The minimum Gasteiger partial charge on any atom is -0.332 e. The van der Waals surface area contributed by atoms with E-state index in [1.54, 1.807) is 11.3 Å². The van der Waals surface area contributed by atoms with E-state index in [4.69, 9.17) is 0 Å². The lowest BCUT2D eigenvalue weighted by Crippen LogP contribution is -2.09. The standard InChI is InChI=1S/C21H17N3OS2/c1-14-4-8-17(9-5-14)23-21-24-18(13-27-21)15-6-10-16(11-7-15)22-20(25)19-3-2-12-26-19/h2-13H,1H3,(H,22,25)(H,23,24). The van der Waals surface area contributed by atoms with Crippen LogP contribution >= 0.6 is 22.7 Å². The van der Waals surface area contributed by atoms with Gasteiger partial charge in [0.1, 0.15) is 0 Å². The normalized spacial score (nSPS) is 10.6. The van der Waals surface area contributed by atoms with Gasteiger partial charge in [-0.15, -0.1) is 22.7 Å². The summed E-state index contributed by atoms with van der Waals surface area (Å²) in [6.07, 6.45) is 0. The summed E-state index contributed by atoms with van der Waals surface area (Å²) >= 11 is 2.99. The number of aryl methyl sites for hydroxylation is 1. The molecule has 0 radical (unpaired) electrons. The van der Waals surface area contributed by atoms with Crippen LogP contribution in [0, 0.1) is 6.92 Å². The van der Waals surface area contributed by atoms with Gasteiger partial charge in [0.2, 0.25) is 0 Å². The van der Waals surface area contributed by atoms with Gasteiger partial charge in [-0.3, -0.25) is 4.79 Å². The Hall–Kier alpha value is -2.96. The zero-order valence-electron chi connectivity index (χ0n) is 14.6. The van der Waals surface area contributed by atoms with Crippen molar-refractivity contribution >= 4 is 45.1 Å². The van der Waals surface area contributed by atoms with Crippen LogP contribution < -0.4 is 10.6 Å². The van der Waals surface area contributed by atoms with Gasteiger partial charge < -0.3 is 10.6 Å². The Morgan fingerprint density at radius 2 is 1.67 bits per heavy atom. The van der Waals surface area contributed by atoms with E-state index in [1.807, 2.05) is 59.3 Å². The van der Waals surface area contributed by atoms with Crippen LogP contribution in [0.3, 0.4) is 0 Å². The molecule has 0 atom stereocenters. The molecule has 2 N–H and O–H groups in total. The molecule has 134 valence electrons. The van der Waals surface area contributed by atoms with E-state index in [2.05, 4.69) is 34.7 Å². The van der Waals surface area contributed by atoms with Gasteiger partial charge in [0.25, 0.3) is 5.91 Å². The molecule has 4 rings (SSSR count). The Bertz CT molecular complexity index is 1040. The highest BCUT2D eigenvalue weighted by molar-refractivity contribution is 7.14. The first-order chi connectivity index (χ1) is 13.2. The number of carbonyl (C=O) groups is 1. The van der Waals surface area contributed by atoms with Crippen LogP contribution in [-0.2, 0) is 0 Å². The predicted octanol–water partition coefficient (Wildman–Crippen LogP) is 6.18. The molecule has 2 aromatic carbocycles. The first-order valence-corrected chi connectivity index (χ1v) is 10.2. The number of nitrogens with one attached hydrogen (secondary N) is 2. The lowest BCUT2D eigenvalue weighted by Gasteiger charge is -2.05. The van der Waals surface area contributed by atoms with Crippen molar-refractivity contribution in [3.05, 3.63) is 81.9 Å². The number of anilines is 3. The predicted molar refractivity (Wildman–Crippen MR) is 114 cm³/mol. The maximum Gasteiger partial charge on any atom is 0.265 e. The Morgan fingerprint density at radius 3 is 2.37 bits per heavy atom. The fraction of sp³-hybridized carbons (Fsp3) is 0.0476. The number of hydrogen-bond acceptors (Lipinski definition) is 5. The zero-order chi connectivity index (χ0) is 18.6. The van der Waals surface area contributed by atoms with E-state index in [9.17, 15) is 4.79 Å². The van der Waals surface area contributed by atoms with Crippen LogP contribution in [0.2, 0.25) is 0 Å². The molecule has 0 saturated heterocycles. The van der Waals surface area contributed by atoms with Crippen molar-refractivity contribution < 1.29 is 4.79 Å². The summed E-state index contributed by atoms with van der Waals surface area (Å²) in [6.45, 7) is 2.07. The number of nitrogens with zero attached hydrogens (tertiary/aromatic N) is 1. The van der Waals surface area contributed by atoms with Crippen molar-refractivity contribution in [1.82, 2.24) is 4.98 Å². The van der Waals surface area contributed by atoms with Gasteiger partial charge >= 0.3 is 0 Å². The smallest absolute Gasteiger partial charge is 0.265 e. The summed E-state index contributed by atoms with van der Waals surface area (Å²) in [6, 6.07) is 19.6. The van der Waals surface area contributed by atoms with E-state index >= 15 is 0 Å². The van der Waals surface area contributed by atoms with Crippen LogP contribution in [0.25, 0.3) is 11.3 Å². The highest BCUT2D eigenvalue weighted by atomic mass is 32.1. The van der Waals surface area contributed by atoms with Crippen LogP contribution in [0.4, 0.5) is 16.5 Å². The fourth-order valence-corrected chi connectivity index (χ4v) is 3.91. The first kappa shape index (κ1) is 17.5. The first-order valence-electron chi connectivity index (χ1n) is 8.42. The molecule has 4 nitrogen and oxygen atoms in total.